The van der Waals surface area contributed by atoms with E-state index in [1.807, 2.05) is 6.92 Å². The number of hydrogen-bond donors (Lipinski definition) is 2. The number of rotatable bonds is 6. The normalized spacial score (nSPS) is 25.2. The zero-order valence-electron chi connectivity index (χ0n) is 10.9. The lowest BCUT2D eigenvalue weighted by molar-refractivity contribution is -0.146. The predicted molar refractivity (Wildman–Crippen MR) is 65.5 cm³/mol. The van der Waals surface area contributed by atoms with E-state index in [0.717, 1.165) is 12.8 Å². The quantitative estimate of drug-likeness (QED) is 0.747. The van der Waals surface area contributed by atoms with Gasteiger partial charge in [-0.15, -0.1) is 0 Å². The molecule has 0 spiro atoms. The average molecular weight is 241 g/mol. The molecule has 1 saturated carbocycles. The van der Waals surface area contributed by atoms with Gasteiger partial charge in [0.2, 0.25) is 5.91 Å². The Morgan fingerprint density at radius 1 is 1.29 bits per heavy atom. The van der Waals surface area contributed by atoms with E-state index in [-0.39, 0.29) is 23.8 Å². The molecule has 0 radical (unpaired) electrons. The van der Waals surface area contributed by atoms with Crippen LogP contribution < -0.4 is 5.32 Å². The highest BCUT2D eigenvalue weighted by Gasteiger charge is 2.36. The van der Waals surface area contributed by atoms with Gasteiger partial charge < -0.3 is 10.4 Å². The van der Waals surface area contributed by atoms with Gasteiger partial charge in [-0.3, -0.25) is 9.59 Å². The molecule has 98 valence electrons. The maximum absolute atomic E-state index is 11.9. The van der Waals surface area contributed by atoms with Crippen molar-refractivity contribution in [3.8, 4) is 0 Å². The highest BCUT2D eigenvalue weighted by Crippen LogP contribution is 2.28. The highest BCUT2D eigenvalue weighted by molar-refractivity contribution is 5.79. The number of carboxylic acids is 1. The standard InChI is InChI=1S/C13H23NO3/c1-4-9(5-2)8(3)12(15)14-11-6-10(7-11)13(16)17/h8-11H,4-7H2,1-3H3,(H,14,15)(H,16,17). The van der Waals surface area contributed by atoms with Crippen LogP contribution in [0.15, 0.2) is 0 Å². The summed E-state index contributed by atoms with van der Waals surface area (Å²) in [6, 6.07) is 0.0698. The second-order valence-electron chi connectivity index (χ2n) is 5.08. The third-order valence-corrected chi connectivity index (χ3v) is 4.00. The van der Waals surface area contributed by atoms with Gasteiger partial charge in [0.1, 0.15) is 0 Å². The molecule has 0 saturated heterocycles. The van der Waals surface area contributed by atoms with Crippen LogP contribution in [0.25, 0.3) is 0 Å². The first-order chi connectivity index (χ1) is 7.99. The number of carbonyl (C=O) groups excluding carboxylic acids is 1. The molecule has 1 unspecified atom stereocenters. The summed E-state index contributed by atoms with van der Waals surface area (Å²) in [4.78, 5) is 22.6. The second kappa shape index (κ2) is 6.03. The summed E-state index contributed by atoms with van der Waals surface area (Å²) in [7, 11) is 0. The first-order valence-corrected chi connectivity index (χ1v) is 6.52. The Balaban J connectivity index is 2.33. The zero-order chi connectivity index (χ0) is 13.0. The molecule has 0 bridgehead atoms. The maximum atomic E-state index is 11.9. The van der Waals surface area contributed by atoms with Gasteiger partial charge >= 0.3 is 5.97 Å². The molecule has 1 aliphatic rings. The number of amides is 1. The third kappa shape index (κ3) is 3.45. The first-order valence-electron chi connectivity index (χ1n) is 6.52. The Morgan fingerprint density at radius 3 is 2.24 bits per heavy atom. The average Bonchev–Trinajstić information content (AvgIpc) is 2.23. The van der Waals surface area contributed by atoms with Crippen molar-refractivity contribution in [2.45, 2.75) is 52.5 Å². The van der Waals surface area contributed by atoms with Gasteiger partial charge in [0.15, 0.2) is 0 Å². The van der Waals surface area contributed by atoms with E-state index in [2.05, 4.69) is 19.2 Å². The van der Waals surface area contributed by atoms with Crippen LogP contribution >= 0.6 is 0 Å². The Bertz CT molecular complexity index is 280. The Labute approximate surface area is 103 Å². The van der Waals surface area contributed by atoms with Gasteiger partial charge in [-0.2, -0.15) is 0 Å². The van der Waals surface area contributed by atoms with Crippen molar-refractivity contribution >= 4 is 11.9 Å². The summed E-state index contributed by atoms with van der Waals surface area (Å²) in [5.41, 5.74) is 0. The van der Waals surface area contributed by atoms with Crippen molar-refractivity contribution in [3.63, 3.8) is 0 Å². The topological polar surface area (TPSA) is 66.4 Å². The fourth-order valence-corrected chi connectivity index (χ4v) is 2.48. The van der Waals surface area contributed by atoms with Crippen LogP contribution in [-0.4, -0.2) is 23.0 Å². The second-order valence-corrected chi connectivity index (χ2v) is 5.08. The minimum Gasteiger partial charge on any atom is -0.481 e. The van der Waals surface area contributed by atoms with E-state index in [9.17, 15) is 9.59 Å². The van der Waals surface area contributed by atoms with Gasteiger partial charge in [-0.25, -0.2) is 0 Å². The van der Waals surface area contributed by atoms with Gasteiger partial charge in [0, 0.05) is 12.0 Å². The Kier molecular flexibility index (Phi) is 4.97. The fourth-order valence-electron chi connectivity index (χ4n) is 2.48. The zero-order valence-corrected chi connectivity index (χ0v) is 10.9. The van der Waals surface area contributed by atoms with Crippen LogP contribution in [0.2, 0.25) is 0 Å². The molecule has 1 fully saturated rings. The molecule has 1 amide bonds. The summed E-state index contributed by atoms with van der Waals surface area (Å²) in [6.45, 7) is 6.16. The van der Waals surface area contributed by atoms with Crippen molar-refractivity contribution in [2.75, 3.05) is 0 Å². The van der Waals surface area contributed by atoms with Crippen molar-refractivity contribution in [1.82, 2.24) is 5.32 Å². The van der Waals surface area contributed by atoms with Crippen molar-refractivity contribution in [1.29, 1.82) is 0 Å². The van der Waals surface area contributed by atoms with Crippen molar-refractivity contribution in [2.24, 2.45) is 17.8 Å². The Morgan fingerprint density at radius 2 is 1.82 bits per heavy atom. The number of carbonyl (C=O) groups is 2. The molecule has 0 heterocycles. The predicted octanol–water partition coefficient (Wildman–Crippen LogP) is 2.04. The molecular weight excluding hydrogens is 218 g/mol. The van der Waals surface area contributed by atoms with E-state index < -0.39 is 5.97 Å². The molecular formula is C13H23NO3. The summed E-state index contributed by atoms with van der Waals surface area (Å²) >= 11 is 0. The van der Waals surface area contributed by atoms with Crippen molar-refractivity contribution < 1.29 is 14.7 Å². The summed E-state index contributed by atoms with van der Waals surface area (Å²) in [5, 5.41) is 11.7. The van der Waals surface area contributed by atoms with Crippen LogP contribution in [0.5, 0.6) is 0 Å². The molecule has 1 atom stereocenters. The molecule has 0 aliphatic heterocycles. The maximum Gasteiger partial charge on any atom is 0.306 e. The third-order valence-electron chi connectivity index (χ3n) is 4.00. The summed E-state index contributed by atoms with van der Waals surface area (Å²) in [5.74, 6) is -0.487. The molecule has 4 heteroatoms. The monoisotopic (exact) mass is 241 g/mol. The molecule has 0 aromatic rings. The molecule has 0 aromatic carbocycles. The largest absolute Gasteiger partial charge is 0.481 e. The number of carboxylic acid groups (broad SMARTS) is 1. The lowest BCUT2D eigenvalue weighted by Crippen LogP contribution is -2.48. The minimum absolute atomic E-state index is 0.0221. The number of aliphatic carboxylic acids is 1. The fraction of sp³-hybridized carbons (Fsp3) is 0.846. The smallest absolute Gasteiger partial charge is 0.306 e. The van der Waals surface area contributed by atoms with E-state index in [1.54, 1.807) is 0 Å². The number of hydrogen-bond acceptors (Lipinski definition) is 2. The summed E-state index contributed by atoms with van der Waals surface area (Å²) < 4.78 is 0. The van der Waals surface area contributed by atoms with Crippen LogP contribution in [0.3, 0.4) is 0 Å². The van der Waals surface area contributed by atoms with Gasteiger partial charge in [-0.1, -0.05) is 33.6 Å². The van der Waals surface area contributed by atoms with Gasteiger partial charge in [0.05, 0.1) is 5.92 Å². The van der Waals surface area contributed by atoms with E-state index in [1.165, 1.54) is 0 Å². The lowest BCUT2D eigenvalue weighted by atomic mass is 9.79. The van der Waals surface area contributed by atoms with Crippen LogP contribution in [0.4, 0.5) is 0 Å². The van der Waals surface area contributed by atoms with Gasteiger partial charge in [0.25, 0.3) is 0 Å². The SMILES string of the molecule is CCC(CC)C(C)C(=O)NC1CC(C(=O)O)C1. The molecule has 4 nitrogen and oxygen atoms in total. The van der Waals surface area contributed by atoms with E-state index >= 15 is 0 Å². The van der Waals surface area contributed by atoms with Crippen LogP contribution in [0.1, 0.15) is 46.5 Å². The molecule has 2 N–H and O–H groups in total. The molecule has 0 aromatic heterocycles. The summed E-state index contributed by atoms with van der Waals surface area (Å²) in [6.07, 6.45) is 3.18. The van der Waals surface area contributed by atoms with Crippen LogP contribution in [0, 0.1) is 17.8 Å². The molecule has 1 rings (SSSR count). The van der Waals surface area contributed by atoms with Gasteiger partial charge in [-0.05, 0) is 18.8 Å². The van der Waals surface area contributed by atoms with E-state index in [4.69, 9.17) is 5.11 Å². The molecule has 1 aliphatic carbocycles. The lowest BCUT2D eigenvalue weighted by Gasteiger charge is -2.34. The minimum atomic E-state index is -0.747. The van der Waals surface area contributed by atoms with E-state index in [0.29, 0.717) is 18.8 Å². The van der Waals surface area contributed by atoms with Crippen LogP contribution in [-0.2, 0) is 9.59 Å². The van der Waals surface area contributed by atoms with Crippen molar-refractivity contribution in [3.05, 3.63) is 0 Å². The molecule has 17 heavy (non-hydrogen) atoms. The highest BCUT2D eigenvalue weighted by atomic mass is 16.4. The Hall–Kier alpha value is -1.06. The first kappa shape index (κ1) is 14.0. The number of nitrogens with one attached hydrogen (secondary N) is 1.